The van der Waals surface area contributed by atoms with Gasteiger partial charge in [-0.1, -0.05) is 0 Å². The van der Waals surface area contributed by atoms with Gasteiger partial charge in [-0.3, -0.25) is 4.79 Å². The molecule has 72 valence electrons. The molecule has 0 aliphatic heterocycles. The number of nitrogens with zero attached hydrogens (tertiary/aromatic N) is 1. The van der Waals surface area contributed by atoms with Crippen LogP contribution in [0.15, 0.2) is 5.38 Å². The molecule has 0 saturated heterocycles. The number of aromatic nitrogens is 1. The molecular weight excluding hydrogens is 193 g/mol. The summed E-state index contributed by atoms with van der Waals surface area (Å²) in [4.78, 5) is 14.2. The highest BCUT2D eigenvalue weighted by molar-refractivity contribution is 7.09. The molecule has 0 spiro atoms. The van der Waals surface area contributed by atoms with Crippen molar-refractivity contribution in [3.8, 4) is 0 Å². The third kappa shape index (κ3) is 2.77. The third-order valence-corrected chi connectivity index (χ3v) is 2.31. The van der Waals surface area contributed by atoms with E-state index in [1.165, 1.54) is 25.2 Å². The zero-order valence-corrected chi connectivity index (χ0v) is 8.19. The van der Waals surface area contributed by atoms with Crippen molar-refractivity contribution < 1.29 is 14.3 Å². The first-order valence-corrected chi connectivity index (χ1v) is 4.63. The molecule has 0 aliphatic carbocycles. The molecule has 1 rings (SSSR count). The van der Waals surface area contributed by atoms with E-state index in [0.717, 1.165) is 0 Å². The highest BCUT2D eigenvalue weighted by Crippen LogP contribution is 2.25. The molecule has 1 aromatic heterocycles. The van der Waals surface area contributed by atoms with Gasteiger partial charge in [-0.2, -0.15) is 0 Å². The predicted molar refractivity (Wildman–Crippen MR) is 47.6 cm³/mol. The van der Waals surface area contributed by atoms with Crippen molar-refractivity contribution in [3.05, 3.63) is 16.1 Å². The van der Waals surface area contributed by atoms with Crippen LogP contribution in [0.25, 0.3) is 0 Å². The number of aliphatic carboxylic acids is 1. The SMILES string of the molecule is CC(C)(F)c1csc(CC(=O)O)n1. The fourth-order valence-corrected chi connectivity index (χ4v) is 1.73. The molecule has 0 saturated carbocycles. The fraction of sp³-hybridized carbons (Fsp3) is 0.500. The highest BCUT2D eigenvalue weighted by atomic mass is 32.1. The van der Waals surface area contributed by atoms with Crippen LogP contribution >= 0.6 is 11.3 Å². The quantitative estimate of drug-likeness (QED) is 0.817. The summed E-state index contributed by atoms with van der Waals surface area (Å²) in [6.07, 6.45) is -0.138. The van der Waals surface area contributed by atoms with Gasteiger partial charge in [-0.15, -0.1) is 11.3 Å². The summed E-state index contributed by atoms with van der Waals surface area (Å²) in [6, 6.07) is 0. The van der Waals surface area contributed by atoms with Gasteiger partial charge in [0, 0.05) is 5.38 Å². The Morgan fingerprint density at radius 3 is 2.77 bits per heavy atom. The van der Waals surface area contributed by atoms with E-state index in [9.17, 15) is 9.18 Å². The van der Waals surface area contributed by atoms with E-state index in [0.29, 0.717) is 10.7 Å². The molecule has 0 amide bonds. The second-order valence-corrected chi connectivity index (χ2v) is 4.11. The van der Waals surface area contributed by atoms with Gasteiger partial charge < -0.3 is 5.11 Å². The minimum absolute atomic E-state index is 0.138. The van der Waals surface area contributed by atoms with Gasteiger partial charge in [0.2, 0.25) is 0 Å². The molecule has 0 aromatic carbocycles. The Labute approximate surface area is 79.2 Å². The van der Waals surface area contributed by atoms with Crippen LogP contribution in [0.5, 0.6) is 0 Å². The Morgan fingerprint density at radius 1 is 1.77 bits per heavy atom. The lowest BCUT2D eigenvalue weighted by Gasteiger charge is -2.09. The van der Waals surface area contributed by atoms with Crippen molar-refractivity contribution in [2.24, 2.45) is 0 Å². The van der Waals surface area contributed by atoms with Gasteiger partial charge in [0.05, 0.1) is 12.1 Å². The molecule has 3 nitrogen and oxygen atoms in total. The summed E-state index contributed by atoms with van der Waals surface area (Å²) in [7, 11) is 0. The molecule has 0 bridgehead atoms. The number of alkyl halides is 1. The van der Waals surface area contributed by atoms with Gasteiger partial charge in [0.15, 0.2) is 0 Å². The highest BCUT2D eigenvalue weighted by Gasteiger charge is 2.22. The maximum Gasteiger partial charge on any atom is 0.310 e. The van der Waals surface area contributed by atoms with Crippen LogP contribution < -0.4 is 0 Å². The molecule has 1 aromatic rings. The van der Waals surface area contributed by atoms with E-state index >= 15 is 0 Å². The summed E-state index contributed by atoms with van der Waals surface area (Å²) in [5.41, 5.74) is -1.19. The van der Waals surface area contributed by atoms with Gasteiger partial charge in [0.1, 0.15) is 10.7 Å². The topological polar surface area (TPSA) is 50.2 Å². The number of carbonyl (C=O) groups is 1. The van der Waals surface area contributed by atoms with Crippen molar-refractivity contribution >= 4 is 17.3 Å². The molecule has 0 atom stereocenters. The standard InChI is InChI=1S/C8H10FNO2S/c1-8(2,9)5-4-13-6(10-5)3-7(11)12/h4H,3H2,1-2H3,(H,11,12). The zero-order chi connectivity index (χ0) is 10.1. The first-order valence-electron chi connectivity index (χ1n) is 3.75. The lowest BCUT2D eigenvalue weighted by molar-refractivity contribution is -0.136. The first-order chi connectivity index (χ1) is 5.89. The Balaban J connectivity index is 2.81. The average molecular weight is 203 g/mol. The fourth-order valence-electron chi connectivity index (χ4n) is 0.795. The molecule has 0 aliphatic rings. The minimum atomic E-state index is -1.49. The van der Waals surface area contributed by atoms with Gasteiger partial charge in [0.25, 0.3) is 0 Å². The Bertz CT molecular complexity index is 316. The normalized spacial score (nSPS) is 11.6. The maximum atomic E-state index is 13.3. The summed E-state index contributed by atoms with van der Waals surface area (Å²) in [5, 5.41) is 10.4. The van der Waals surface area contributed by atoms with E-state index in [-0.39, 0.29) is 6.42 Å². The molecule has 0 radical (unpaired) electrons. The van der Waals surface area contributed by atoms with Crippen molar-refractivity contribution in [2.75, 3.05) is 0 Å². The van der Waals surface area contributed by atoms with E-state index in [4.69, 9.17) is 5.11 Å². The summed E-state index contributed by atoms with van der Waals surface area (Å²) < 4.78 is 13.3. The molecular formula is C8H10FNO2S. The lowest BCUT2D eigenvalue weighted by atomic mass is 10.1. The second kappa shape index (κ2) is 3.41. The van der Waals surface area contributed by atoms with Crippen LogP contribution in [0.3, 0.4) is 0 Å². The van der Waals surface area contributed by atoms with Gasteiger partial charge >= 0.3 is 5.97 Å². The summed E-state index contributed by atoms with van der Waals surface area (Å²) in [6.45, 7) is 2.79. The smallest absolute Gasteiger partial charge is 0.310 e. The number of carboxylic acid groups (broad SMARTS) is 1. The van der Waals surface area contributed by atoms with E-state index < -0.39 is 11.6 Å². The summed E-state index contributed by atoms with van der Waals surface area (Å²) in [5.74, 6) is -0.947. The first kappa shape index (κ1) is 10.1. The van der Waals surface area contributed by atoms with Crippen LogP contribution in [0.1, 0.15) is 24.5 Å². The Hall–Kier alpha value is -0.970. The van der Waals surface area contributed by atoms with Crippen LogP contribution in [0.2, 0.25) is 0 Å². The molecule has 0 unspecified atom stereocenters. The molecule has 1 heterocycles. The maximum absolute atomic E-state index is 13.3. The number of hydrogen-bond acceptors (Lipinski definition) is 3. The van der Waals surface area contributed by atoms with Crippen molar-refractivity contribution in [1.82, 2.24) is 4.98 Å². The van der Waals surface area contributed by atoms with E-state index in [2.05, 4.69) is 4.98 Å². The van der Waals surface area contributed by atoms with Crippen LogP contribution in [-0.4, -0.2) is 16.1 Å². The van der Waals surface area contributed by atoms with Crippen LogP contribution in [0, 0.1) is 0 Å². The number of thiazole rings is 1. The number of halogens is 1. The minimum Gasteiger partial charge on any atom is -0.481 e. The Morgan fingerprint density at radius 2 is 2.38 bits per heavy atom. The van der Waals surface area contributed by atoms with Crippen LogP contribution in [-0.2, 0) is 16.9 Å². The summed E-state index contributed by atoms with van der Waals surface area (Å²) >= 11 is 1.17. The monoisotopic (exact) mass is 203 g/mol. The molecule has 0 fully saturated rings. The van der Waals surface area contributed by atoms with Crippen molar-refractivity contribution in [2.45, 2.75) is 25.9 Å². The van der Waals surface area contributed by atoms with Crippen LogP contribution in [0.4, 0.5) is 4.39 Å². The second-order valence-electron chi connectivity index (χ2n) is 3.17. The zero-order valence-electron chi connectivity index (χ0n) is 7.37. The van der Waals surface area contributed by atoms with E-state index in [1.54, 1.807) is 5.38 Å². The number of hydrogen-bond donors (Lipinski definition) is 1. The lowest BCUT2D eigenvalue weighted by Crippen LogP contribution is -2.10. The average Bonchev–Trinajstić information content (AvgIpc) is 2.32. The van der Waals surface area contributed by atoms with Crippen molar-refractivity contribution in [3.63, 3.8) is 0 Å². The van der Waals surface area contributed by atoms with Gasteiger partial charge in [-0.25, -0.2) is 9.37 Å². The Kier molecular flexibility index (Phi) is 2.66. The third-order valence-electron chi connectivity index (χ3n) is 1.46. The largest absolute Gasteiger partial charge is 0.481 e. The number of carboxylic acids is 1. The van der Waals surface area contributed by atoms with Crippen molar-refractivity contribution in [1.29, 1.82) is 0 Å². The van der Waals surface area contributed by atoms with E-state index in [1.807, 2.05) is 0 Å². The molecule has 5 heteroatoms. The predicted octanol–water partition coefficient (Wildman–Crippen LogP) is 1.97. The molecule has 13 heavy (non-hydrogen) atoms. The van der Waals surface area contributed by atoms with Gasteiger partial charge in [-0.05, 0) is 13.8 Å². The number of rotatable bonds is 3. The molecule has 1 N–H and O–H groups in total.